The maximum atomic E-state index is 6.05. The topological polar surface area (TPSA) is 48.1 Å². The number of pyridine rings is 1. The van der Waals surface area contributed by atoms with Gasteiger partial charge in [0.2, 0.25) is 0 Å². The second kappa shape index (κ2) is 6.14. The molecule has 1 fully saturated rings. The van der Waals surface area contributed by atoms with Gasteiger partial charge in [0.25, 0.3) is 0 Å². The number of nitrogens with zero attached hydrogens (tertiary/aromatic N) is 1. The van der Waals surface area contributed by atoms with Gasteiger partial charge < -0.3 is 10.5 Å². The lowest BCUT2D eigenvalue weighted by molar-refractivity contribution is 0.121. The number of hydrogen-bond donors (Lipinski definition) is 1. The molecule has 2 N–H and O–H groups in total. The average molecular weight is 264 g/mol. The average Bonchev–Trinajstić information content (AvgIpc) is 2.39. The zero-order valence-corrected chi connectivity index (χ0v) is 11.6. The van der Waals surface area contributed by atoms with Gasteiger partial charge in [-0.25, -0.2) is 0 Å². The molecule has 0 saturated heterocycles. The Balaban J connectivity index is 2.07. The molecular weight excluding hydrogens is 244 g/mol. The fraction of sp³-hybridized carbons (Fsp3) is 0.571. The molecule has 0 bridgehead atoms. The Morgan fingerprint density at radius 2 is 2.39 bits per heavy atom. The van der Waals surface area contributed by atoms with E-state index >= 15 is 0 Å². The van der Waals surface area contributed by atoms with E-state index in [2.05, 4.69) is 11.9 Å². The third-order valence-corrected chi connectivity index (χ3v) is 3.88. The van der Waals surface area contributed by atoms with Crippen LogP contribution in [0.25, 0.3) is 0 Å². The molecule has 0 aliphatic heterocycles. The van der Waals surface area contributed by atoms with Crippen LogP contribution in [0.4, 0.5) is 0 Å². The largest absolute Gasteiger partial charge is 0.488 e. The van der Waals surface area contributed by atoms with Gasteiger partial charge in [-0.1, -0.05) is 32.0 Å². The molecule has 1 heterocycles. The molecule has 1 aliphatic rings. The molecule has 0 amide bonds. The minimum absolute atomic E-state index is 0.279. The standard InChI is InChI=1S/C14H20N2OS/c1-2-10-4-3-5-11(8-10)17-13-9-16-7-6-12(13)14(15)18/h6-7,9-11H,2-5,8H2,1H3,(H2,15,18). The highest BCUT2D eigenvalue weighted by Crippen LogP contribution is 2.30. The van der Waals surface area contributed by atoms with E-state index in [1.165, 1.54) is 19.3 Å². The van der Waals surface area contributed by atoms with Crippen LogP contribution in [0.15, 0.2) is 18.5 Å². The Kier molecular flexibility index (Phi) is 4.53. The van der Waals surface area contributed by atoms with Gasteiger partial charge in [0.05, 0.1) is 17.9 Å². The van der Waals surface area contributed by atoms with Crippen LogP contribution in [0.2, 0.25) is 0 Å². The van der Waals surface area contributed by atoms with Crippen molar-refractivity contribution in [3.05, 3.63) is 24.0 Å². The smallest absolute Gasteiger partial charge is 0.148 e. The normalized spacial score (nSPS) is 23.6. The first-order valence-electron chi connectivity index (χ1n) is 6.61. The zero-order chi connectivity index (χ0) is 13.0. The van der Waals surface area contributed by atoms with Crippen LogP contribution in [0, 0.1) is 5.92 Å². The van der Waals surface area contributed by atoms with Gasteiger partial charge in [-0.2, -0.15) is 0 Å². The van der Waals surface area contributed by atoms with Gasteiger partial charge in [-0.05, 0) is 31.2 Å². The summed E-state index contributed by atoms with van der Waals surface area (Å²) < 4.78 is 6.05. The number of hydrogen-bond acceptors (Lipinski definition) is 3. The summed E-state index contributed by atoms with van der Waals surface area (Å²) in [6.45, 7) is 2.25. The predicted molar refractivity (Wildman–Crippen MR) is 76.8 cm³/mol. The van der Waals surface area contributed by atoms with Gasteiger partial charge in [-0.15, -0.1) is 0 Å². The molecule has 3 nitrogen and oxygen atoms in total. The molecule has 1 aliphatic carbocycles. The van der Waals surface area contributed by atoms with Crippen LogP contribution in [-0.2, 0) is 0 Å². The van der Waals surface area contributed by atoms with Gasteiger partial charge >= 0.3 is 0 Å². The van der Waals surface area contributed by atoms with Crippen molar-refractivity contribution in [2.24, 2.45) is 11.7 Å². The summed E-state index contributed by atoms with van der Waals surface area (Å²) in [4.78, 5) is 4.46. The van der Waals surface area contributed by atoms with Crippen LogP contribution >= 0.6 is 12.2 Å². The van der Waals surface area contributed by atoms with E-state index in [9.17, 15) is 0 Å². The highest BCUT2D eigenvalue weighted by molar-refractivity contribution is 7.80. The van der Waals surface area contributed by atoms with Crippen molar-refractivity contribution in [2.75, 3.05) is 0 Å². The monoisotopic (exact) mass is 264 g/mol. The highest BCUT2D eigenvalue weighted by atomic mass is 32.1. The summed E-state index contributed by atoms with van der Waals surface area (Å²) in [5.41, 5.74) is 6.49. The lowest BCUT2D eigenvalue weighted by Gasteiger charge is -2.29. The van der Waals surface area contributed by atoms with Gasteiger partial charge in [-0.3, -0.25) is 4.98 Å². The zero-order valence-electron chi connectivity index (χ0n) is 10.8. The number of aromatic nitrogens is 1. The summed E-state index contributed by atoms with van der Waals surface area (Å²) in [6, 6.07) is 1.82. The van der Waals surface area contributed by atoms with Crippen molar-refractivity contribution >= 4 is 17.2 Å². The fourth-order valence-electron chi connectivity index (χ4n) is 2.58. The first-order valence-corrected chi connectivity index (χ1v) is 7.02. The Morgan fingerprint density at radius 3 is 3.11 bits per heavy atom. The summed E-state index contributed by atoms with van der Waals surface area (Å²) in [7, 11) is 0. The summed E-state index contributed by atoms with van der Waals surface area (Å²) in [6.07, 6.45) is 9.72. The lowest BCUT2D eigenvalue weighted by Crippen LogP contribution is -2.26. The SMILES string of the molecule is CCC1CCCC(Oc2cnccc2C(N)=S)C1. The van der Waals surface area contributed by atoms with Crippen molar-refractivity contribution in [3.63, 3.8) is 0 Å². The fourth-order valence-corrected chi connectivity index (χ4v) is 2.75. The van der Waals surface area contributed by atoms with E-state index in [0.717, 1.165) is 30.1 Å². The molecule has 98 valence electrons. The van der Waals surface area contributed by atoms with Crippen LogP contribution < -0.4 is 10.5 Å². The second-order valence-electron chi connectivity index (χ2n) is 4.92. The first-order chi connectivity index (χ1) is 8.70. The highest BCUT2D eigenvalue weighted by Gasteiger charge is 2.23. The van der Waals surface area contributed by atoms with E-state index in [0.29, 0.717) is 4.99 Å². The Morgan fingerprint density at radius 1 is 1.56 bits per heavy atom. The maximum Gasteiger partial charge on any atom is 0.148 e. The summed E-state index contributed by atoms with van der Waals surface area (Å²) in [5, 5.41) is 0. The Labute approximate surface area is 114 Å². The van der Waals surface area contributed by atoms with Crippen molar-refractivity contribution in [1.82, 2.24) is 4.98 Å². The van der Waals surface area contributed by atoms with Crippen molar-refractivity contribution < 1.29 is 4.74 Å². The molecule has 1 aromatic rings. The summed E-state index contributed by atoms with van der Waals surface area (Å²) >= 11 is 5.03. The van der Waals surface area contributed by atoms with E-state index in [4.69, 9.17) is 22.7 Å². The third kappa shape index (κ3) is 3.19. The van der Waals surface area contributed by atoms with E-state index in [1.54, 1.807) is 12.4 Å². The molecule has 18 heavy (non-hydrogen) atoms. The molecule has 2 atom stereocenters. The third-order valence-electron chi connectivity index (χ3n) is 3.66. The van der Waals surface area contributed by atoms with E-state index in [-0.39, 0.29) is 6.10 Å². The van der Waals surface area contributed by atoms with Gasteiger partial charge in [0.1, 0.15) is 10.7 Å². The first kappa shape index (κ1) is 13.3. The van der Waals surface area contributed by atoms with Crippen LogP contribution in [0.3, 0.4) is 0 Å². The summed E-state index contributed by atoms with van der Waals surface area (Å²) in [5.74, 6) is 1.51. The minimum Gasteiger partial charge on any atom is -0.488 e. The predicted octanol–water partition coefficient (Wildman–Crippen LogP) is 3.06. The molecule has 1 aromatic heterocycles. The lowest BCUT2D eigenvalue weighted by atomic mass is 9.85. The van der Waals surface area contributed by atoms with Crippen molar-refractivity contribution in [2.45, 2.75) is 45.1 Å². The second-order valence-corrected chi connectivity index (χ2v) is 5.36. The minimum atomic E-state index is 0.279. The molecule has 2 rings (SSSR count). The van der Waals surface area contributed by atoms with Crippen LogP contribution in [-0.4, -0.2) is 16.1 Å². The molecule has 1 saturated carbocycles. The number of rotatable bonds is 4. The number of nitrogens with two attached hydrogens (primary N) is 1. The Bertz CT molecular complexity index is 422. The van der Waals surface area contributed by atoms with Crippen molar-refractivity contribution in [3.8, 4) is 5.75 Å². The van der Waals surface area contributed by atoms with E-state index in [1.807, 2.05) is 6.07 Å². The van der Waals surface area contributed by atoms with E-state index < -0.39 is 0 Å². The molecule has 2 unspecified atom stereocenters. The molecule has 0 aromatic carbocycles. The molecular formula is C14H20N2OS. The number of ether oxygens (including phenoxy) is 1. The quantitative estimate of drug-likeness (QED) is 0.849. The van der Waals surface area contributed by atoms with Gasteiger partial charge in [0, 0.05) is 6.20 Å². The Hall–Kier alpha value is -1.16. The van der Waals surface area contributed by atoms with Crippen molar-refractivity contribution in [1.29, 1.82) is 0 Å². The molecule has 0 spiro atoms. The maximum absolute atomic E-state index is 6.05. The number of thiocarbonyl (C=S) groups is 1. The molecule has 0 radical (unpaired) electrons. The van der Waals surface area contributed by atoms with Gasteiger partial charge in [0.15, 0.2) is 0 Å². The van der Waals surface area contributed by atoms with Crippen LogP contribution in [0.1, 0.15) is 44.6 Å². The molecule has 4 heteroatoms. The van der Waals surface area contributed by atoms with Crippen LogP contribution in [0.5, 0.6) is 5.75 Å².